The molecule has 0 saturated carbocycles. The molecule has 0 aromatic rings. The monoisotopic (exact) mass is 388 g/mol. The van der Waals surface area contributed by atoms with E-state index in [-0.39, 0.29) is 0 Å². The molecule has 0 amide bonds. The van der Waals surface area contributed by atoms with Crippen LogP contribution in [0.3, 0.4) is 0 Å². The average molecular weight is 389 g/mol. The van der Waals surface area contributed by atoms with E-state index in [2.05, 4.69) is 41.5 Å². The Hall–Kier alpha value is 0.354. The van der Waals surface area contributed by atoms with Crippen LogP contribution in [0.2, 0.25) is 29.8 Å². The van der Waals surface area contributed by atoms with E-state index in [0.29, 0.717) is 0 Å². The number of hydrogen-bond donors (Lipinski definition) is 0. The minimum atomic E-state index is -1.67. The van der Waals surface area contributed by atoms with E-state index in [9.17, 15) is 0 Å². The van der Waals surface area contributed by atoms with E-state index >= 15 is 0 Å². The average Bonchev–Trinajstić information content (AvgIpc) is 2.56. The van der Waals surface area contributed by atoms with Crippen LogP contribution in [0.25, 0.3) is 0 Å². The SMILES string of the molecule is CCCCO[Si](CCC)(CCC)C[Si](CCC)(CCC)OCCCC. The highest BCUT2D eigenvalue weighted by Crippen LogP contribution is 2.37. The topological polar surface area (TPSA) is 18.5 Å². The molecule has 0 aliphatic heterocycles. The van der Waals surface area contributed by atoms with Crippen LogP contribution in [0.15, 0.2) is 0 Å². The van der Waals surface area contributed by atoms with Crippen LogP contribution in [-0.4, -0.2) is 29.8 Å². The van der Waals surface area contributed by atoms with Crippen LogP contribution in [0.4, 0.5) is 0 Å². The van der Waals surface area contributed by atoms with Crippen molar-refractivity contribution in [2.45, 2.75) is 123 Å². The summed E-state index contributed by atoms with van der Waals surface area (Å²) in [6, 6.07) is 5.35. The van der Waals surface area contributed by atoms with E-state index in [0.717, 1.165) is 13.2 Å². The molecule has 4 heteroatoms. The molecule has 0 spiro atoms. The lowest BCUT2D eigenvalue weighted by molar-refractivity contribution is 0.275. The minimum Gasteiger partial charge on any atom is -0.417 e. The second kappa shape index (κ2) is 15.4. The number of rotatable bonds is 18. The predicted molar refractivity (Wildman–Crippen MR) is 118 cm³/mol. The van der Waals surface area contributed by atoms with Crippen LogP contribution in [-0.2, 0) is 8.85 Å². The molecule has 0 aliphatic rings. The Morgan fingerprint density at radius 1 is 0.480 bits per heavy atom. The van der Waals surface area contributed by atoms with Crippen molar-refractivity contribution in [2.75, 3.05) is 13.2 Å². The van der Waals surface area contributed by atoms with Crippen LogP contribution in [0.1, 0.15) is 92.9 Å². The van der Waals surface area contributed by atoms with Gasteiger partial charge in [0.2, 0.25) is 0 Å². The van der Waals surface area contributed by atoms with Crippen molar-refractivity contribution in [1.82, 2.24) is 0 Å². The zero-order chi connectivity index (χ0) is 19.0. The first kappa shape index (κ1) is 25.4. The summed E-state index contributed by atoms with van der Waals surface area (Å²) in [6.07, 6.45) is 10.0. The molecule has 0 aliphatic carbocycles. The van der Waals surface area contributed by atoms with Gasteiger partial charge in [0, 0.05) is 13.2 Å². The van der Waals surface area contributed by atoms with Gasteiger partial charge in [0.05, 0.1) is 0 Å². The summed E-state index contributed by atoms with van der Waals surface area (Å²) in [5, 5.41) is 0. The maximum atomic E-state index is 6.80. The zero-order valence-electron chi connectivity index (χ0n) is 18.4. The predicted octanol–water partition coefficient (Wildman–Crippen LogP) is 7.69. The fraction of sp³-hybridized carbons (Fsp3) is 1.00. The molecule has 0 saturated heterocycles. The fourth-order valence-corrected chi connectivity index (χ4v) is 18.5. The molecule has 0 rings (SSSR count). The molecular formula is C21H48O2Si2. The normalized spacial score (nSPS) is 12.7. The smallest absolute Gasteiger partial charge is 0.192 e. The molecule has 0 atom stereocenters. The summed E-state index contributed by atoms with van der Waals surface area (Å²) in [6.45, 7) is 15.9. The van der Waals surface area contributed by atoms with Crippen molar-refractivity contribution in [2.24, 2.45) is 0 Å². The maximum Gasteiger partial charge on any atom is 0.192 e. The van der Waals surface area contributed by atoms with Crippen LogP contribution >= 0.6 is 0 Å². The minimum absolute atomic E-state index is 0.987. The summed E-state index contributed by atoms with van der Waals surface area (Å²) in [7, 11) is -3.33. The van der Waals surface area contributed by atoms with Gasteiger partial charge in [-0.05, 0) is 42.7 Å². The molecule has 2 nitrogen and oxygen atoms in total. The van der Waals surface area contributed by atoms with E-state index in [1.165, 1.54) is 81.2 Å². The Morgan fingerprint density at radius 2 is 0.800 bits per heavy atom. The third-order valence-corrected chi connectivity index (χ3v) is 17.7. The molecule has 0 unspecified atom stereocenters. The molecule has 0 heterocycles. The van der Waals surface area contributed by atoms with E-state index in [1.54, 1.807) is 0 Å². The van der Waals surface area contributed by atoms with Crippen molar-refractivity contribution in [3.8, 4) is 0 Å². The molecule has 0 N–H and O–H groups in total. The first-order chi connectivity index (χ1) is 12.1. The summed E-state index contributed by atoms with van der Waals surface area (Å²) >= 11 is 0. The van der Waals surface area contributed by atoms with Crippen molar-refractivity contribution in [3.05, 3.63) is 0 Å². The second-order valence-electron chi connectivity index (χ2n) is 7.95. The largest absolute Gasteiger partial charge is 0.417 e. The zero-order valence-corrected chi connectivity index (χ0v) is 20.4. The van der Waals surface area contributed by atoms with Crippen LogP contribution in [0.5, 0.6) is 0 Å². The van der Waals surface area contributed by atoms with Crippen molar-refractivity contribution in [3.63, 3.8) is 0 Å². The van der Waals surface area contributed by atoms with Crippen LogP contribution in [0, 0.1) is 0 Å². The van der Waals surface area contributed by atoms with Crippen LogP contribution < -0.4 is 0 Å². The third-order valence-electron chi connectivity index (χ3n) is 5.28. The number of unbranched alkanes of at least 4 members (excludes halogenated alkanes) is 2. The molecule has 152 valence electrons. The van der Waals surface area contributed by atoms with Gasteiger partial charge in [-0.25, -0.2) is 0 Å². The first-order valence-corrected chi connectivity index (χ1v) is 16.4. The third kappa shape index (κ3) is 10.3. The lowest BCUT2D eigenvalue weighted by atomic mass is 10.4. The quantitative estimate of drug-likeness (QED) is 0.177. The Bertz CT molecular complexity index is 258. The van der Waals surface area contributed by atoms with Gasteiger partial charge >= 0.3 is 0 Å². The van der Waals surface area contributed by atoms with E-state index in [1.807, 2.05) is 0 Å². The van der Waals surface area contributed by atoms with E-state index < -0.39 is 16.6 Å². The molecule has 25 heavy (non-hydrogen) atoms. The first-order valence-electron chi connectivity index (χ1n) is 11.3. The molecule has 0 bridgehead atoms. The fourth-order valence-electron chi connectivity index (χ4n) is 4.27. The standard InChI is InChI=1S/C21H48O2Si2/c1-7-13-15-22-24(17-9-3,18-10-4)21-25(19-11-5,20-12-6)23-16-14-8-2/h7-21H2,1-6H3. The van der Waals surface area contributed by atoms with Gasteiger partial charge in [0.1, 0.15) is 0 Å². The molecular weight excluding hydrogens is 340 g/mol. The van der Waals surface area contributed by atoms with Gasteiger partial charge in [-0.3, -0.25) is 0 Å². The number of hydrogen-bond acceptors (Lipinski definition) is 2. The second-order valence-corrected chi connectivity index (χ2v) is 16.7. The molecule has 0 aromatic carbocycles. The lowest BCUT2D eigenvalue weighted by Crippen LogP contribution is -2.51. The van der Waals surface area contributed by atoms with Gasteiger partial charge in [0.25, 0.3) is 0 Å². The van der Waals surface area contributed by atoms with Crippen molar-refractivity contribution >= 4 is 16.6 Å². The van der Waals surface area contributed by atoms with Crippen molar-refractivity contribution < 1.29 is 8.85 Å². The summed E-state index contributed by atoms with van der Waals surface area (Å²) in [4.78, 5) is 0. The summed E-state index contributed by atoms with van der Waals surface area (Å²) in [5.41, 5.74) is 1.36. The Labute approximate surface area is 161 Å². The molecule has 0 aromatic heterocycles. The Kier molecular flexibility index (Phi) is 15.6. The highest BCUT2D eigenvalue weighted by Gasteiger charge is 2.45. The Morgan fingerprint density at radius 3 is 1.04 bits per heavy atom. The van der Waals surface area contributed by atoms with Gasteiger partial charge in [-0.2, -0.15) is 0 Å². The molecule has 0 fully saturated rings. The van der Waals surface area contributed by atoms with Gasteiger partial charge in [-0.15, -0.1) is 0 Å². The van der Waals surface area contributed by atoms with Gasteiger partial charge in [-0.1, -0.05) is 80.1 Å². The molecule has 0 radical (unpaired) electrons. The lowest BCUT2D eigenvalue weighted by Gasteiger charge is -2.41. The van der Waals surface area contributed by atoms with E-state index in [4.69, 9.17) is 8.85 Å². The highest BCUT2D eigenvalue weighted by atomic mass is 28.4. The van der Waals surface area contributed by atoms with Gasteiger partial charge in [0.15, 0.2) is 16.6 Å². The summed E-state index contributed by atoms with van der Waals surface area (Å²) < 4.78 is 13.6. The maximum absolute atomic E-state index is 6.80. The van der Waals surface area contributed by atoms with Crippen molar-refractivity contribution in [1.29, 1.82) is 0 Å². The summed E-state index contributed by atoms with van der Waals surface area (Å²) in [5.74, 6) is 0. The highest BCUT2D eigenvalue weighted by molar-refractivity contribution is 6.91. The Balaban J connectivity index is 5.40. The van der Waals surface area contributed by atoms with Gasteiger partial charge < -0.3 is 8.85 Å².